The van der Waals surface area contributed by atoms with E-state index in [0.29, 0.717) is 5.56 Å². The molecule has 4 heteroatoms. The van der Waals surface area contributed by atoms with E-state index in [0.717, 1.165) is 26.2 Å². The van der Waals surface area contributed by atoms with Gasteiger partial charge in [-0.25, -0.2) is 4.39 Å². The van der Waals surface area contributed by atoms with Gasteiger partial charge in [0.1, 0.15) is 5.82 Å². The normalized spacial score (nSPS) is 15.5. The molecule has 3 rings (SSSR count). The van der Waals surface area contributed by atoms with Gasteiger partial charge in [-0.2, -0.15) is 5.10 Å². The highest BCUT2D eigenvalue weighted by Crippen LogP contribution is 2.17. The lowest BCUT2D eigenvalue weighted by Gasteiger charge is -2.34. The number of hydrazone groups is 1. The maximum Gasteiger partial charge on any atom is 0.132 e. The highest BCUT2D eigenvalue weighted by molar-refractivity contribution is 5.79. The molecule has 2 aromatic carbocycles. The average Bonchev–Trinajstić information content (AvgIpc) is 2.55. The van der Waals surface area contributed by atoms with Crippen LogP contribution in [0.2, 0.25) is 0 Å². The van der Waals surface area contributed by atoms with Crippen LogP contribution in [0.5, 0.6) is 0 Å². The van der Waals surface area contributed by atoms with Gasteiger partial charge in [0.2, 0.25) is 0 Å². The Balaban J connectivity index is 1.58. The van der Waals surface area contributed by atoms with E-state index in [9.17, 15) is 4.39 Å². The van der Waals surface area contributed by atoms with Gasteiger partial charge >= 0.3 is 0 Å². The van der Waals surface area contributed by atoms with Crippen molar-refractivity contribution >= 4 is 11.9 Å². The number of nitrogens with zero attached hydrogens (tertiary/aromatic N) is 3. The Bertz CT molecular complexity index is 644. The number of rotatable bonds is 3. The Labute approximate surface area is 130 Å². The Morgan fingerprint density at radius 3 is 2.32 bits per heavy atom. The predicted octanol–water partition coefficient (Wildman–Crippen LogP) is 3.29. The summed E-state index contributed by atoms with van der Waals surface area (Å²) in [5.41, 5.74) is 3.06. The third-order valence-corrected chi connectivity index (χ3v) is 3.92. The Hall–Kier alpha value is -2.36. The van der Waals surface area contributed by atoms with Crippen molar-refractivity contribution in [1.29, 1.82) is 0 Å². The van der Waals surface area contributed by atoms with Crippen molar-refractivity contribution < 1.29 is 4.39 Å². The predicted molar refractivity (Wildman–Crippen MR) is 89.0 cm³/mol. The summed E-state index contributed by atoms with van der Waals surface area (Å²) in [6.07, 6.45) is 1.61. The average molecular weight is 297 g/mol. The molecular weight excluding hydrogens is 277 g/mol. The molecule has 1 aliphatic rings. The van der Waals surface area contributed by atoms with Gasteiger partial charge in [-0.15, -0.1) is 0 Å². The summed E-state index contributed by atoms with van der Waals surface area (Å²) in [4.78, 5) is 2.36. The van der Waals surface area contributed by atoms with Crippen LogP contribution in [0.4, 0.5) is 10.1 Å². The molecule has 0 amide bonds. The quantitative estimate of drug-likeness (QED) is 0.810. The zero-order valence-electron chi connectivity index (χ0n) is 12.7. The van der Waals surface area contributed by atoms with Gasteiger partial charge in [-0.05, 0) is 25.1 Å². The summed E-state index contributed by atoms with van der Waals surface area (Å²) in [5, 5.41) is 6.40. The number of aryl methyl sites for hydroxylation is 1. The Morgan fingerprint density at radius 1 is 0.955 bits per heavy atom. The Morgan fingerprint density at radius 2 is 1.64 bits per heavy atom. The molecule has 0 bridgehead atoms. The number of piperazine rings is 1. The first kappa shape index (κ1) is 14.6. The fraction of sp³-hybridized carbons (Fsp3) is 0.278. The molecule has 1 saturated heterocycles. The topological polar surface area (TPSA) is 18.8 Å². The van der Waals surface area contributed by atoms with E-state index in [1.165, 1.54) is 17.3 Å². The molecule has 0 aromatic heterocycles. The highest BCUT2D eigenvalue weighted by atomic mass is 19.1. The fourth-order valence-corrected chi connectivity index (χ4v) is 2.55. The molecule has 22 heavy (non-hydrogen) atoms. The van der Waals surface area contributed by atoms with Crippen LogP contribution in [0.15, 0.2) is 53.6 Å². The van der Waals surface area contributed by atoms with Crippen molar-refractivity contribution in [2.24, 2.45) is 5.10 Å². The maximum absolute atomic E-state index is 13.5. The van der Waals surface area contributed by atoms with Crippen molar-refractivity contribution in [3.8, 4) is 0 Å². The van der Waals surface area contributed by atoms with Crippen molar-refractivity contribution in [3.63, 3.8) is 0 Å². The van der Waals surface area contributed by atoms with Crippen LogP contribution in [0.3, 0.4) is 0 Å². The molecule has 1 aliphatic heterocycles. The molecule has 0 atom stereocenters. The van der Waals surface area contributed by atoms with Gasteiger partial charge < -0.3 is 4.90 Å². The molecule has 0 radical (unpaired) electrons. The lowest BCUT2D eigenvalue weighted by atomic mass is 10.2. The molecule has 0 spiro atoms. The molecule has 0 unspecified atom stereocenters. The molecular formula is C18H20FN3. The van der Waals surface area contributed by atoms with E-state index in [4.69, 9.17) is 0 Å². The zero-order valence-corrected chi connectivity index (χ0v) is 12.7. The smallest absolute Gasteiger partial charge is 0.132 e. The first-order valence-electron chi connectivity index (χ1n) is 7.57. The third kappa shape index (κ3) is 3.45. The second-order valence-electron chi connectivity index (χ2n) is 5.54. The molecule has 3 nitrogen and oxygen atoms in total. The monoisotopic (exact) mass is 297 g/mol. The second kappa shape index (κ2) is 6.60. The second-order valence-corrected chi connectivity index (χ2v) is 5.54. The van der Waals surface area contributed by atoms with Gasteiger partial charge in [0.25, 0.3) is 0 Å². The van der Waals surface area contributed by atoms with Gasteiger partial charge in [0.15, 0.2) is 0 Å². The summed E-state index contributed by atoms with van der Waals surface area (Å²) >= 11 is 0. The largest absolute Gasteiger partial charge is 0.368 e. The lowest BCUT2D eigenvalue weighted by molar-refractivity contribution is 0.272. The van der Waals surface area contributed by atoms with Gasteiger partial charge in [-0.1, -0.05) is 35.9 Å². The van der Waals surface area contributed by atoms with Crippen LogP contribution >= 0.6 is 0 Å². The van der Waals surface area contributed by atoms with Crippen molar-refractivity contribution in [1.82, 2.24) is 5.01 Å². The minimum atomic E-state index is -0.232. The molecule has 114 valence electrons. The van der Waals surface area contributed by atoms with Crippen LogP contribution in [0, 0.1) is 12.7 Å². The van der Waals surface area contributed by atoms with E-state index in [1.54, 1.807) is 18.3 Å². The van der Waals surface area contributed by atoms with Crippen LogP contribution in [-0.4, -0.2) is 37.4 Å². The standard InChI is InChI=1S/C18H20FN3/c1-15-6-8-17(9-7-15)21-10-12-22(13-11-21)20-14-16-4-2-3-5-18(16)19/h2-9,14H,10-13H2,1H3/b20-14+. The summed E-state index contributed by atoms with van der Waals surface area (Å²) in [5.74, 6) is -0.232. The van der Waals surface area contributed by atoms with Gasteiger partial charge in [0, 0.05) is 24.3 Å². The summed E-state index contributed by atoms with van der Waals surface area (Å²) in [6, 6.07) is 15.3. The number of anilines is 1. The van der Waals surface area contributed by atoms with Gasteiger partial charge in [0.05, 0.1) is 19.3 Å². The highest BCUT2D eigenvalue weighted by Gasteiger charge is 2.15. The minimum absolute atomic E-state index is 0.232. The van der Waals surface area contributed by atoms with E-state index in [1.807, 2.05) is 11.1 Å². The van der Waals surface area contributed by atoms with Crippen molar-refractivity contribution in [3.05, 3.63) is 65.5 Å². The van der Waals surface area contributed by atoms with Crippen LogP contribution in [0.1, 0.15) is 11.1 Å². The molecule has 0 N–H and O–H groups in total. The molecule has 2 aromatic rings. The molecule has 1 fully saturated rings. The lowest BCUT2D eigenvalue weighted by Crippen LogP contribution is -2.44. The van der Waals surface area contributed by atoms with Crippen LogP contribution < -0.4 is 4.90 Å². The van der Waals surface area contributed by atoms with E-state index in [-0.39, 0.29) is 5.82 Å². The van der Waals surface area contributed by atoms with E-state index in [2.05, 4.69) is 41.2 Å². The van der Waals surface area contributed by atoms with Crippen LogP contribution in [-0.2, 0) is 0 Å². The zero-order chi connectivity index (χ0) is 15.4. The van der Waals surface area contributed by atoms with Crippen molar-refractivity contribution in [2.75, 3.05) is 31.1 Å². The first-order chi connectivity index (χ1) is 10.7. The number of hydrogen-bond acceptors (Lipinski definition) is 3. The number of halogens is 1. The minimum Gasteiger partial charge on any atom is -0.368 e. The number of benzene rings is 2. The van der Waals surface area contributed by atoms with E-state index < -0.39 is 0 Å². The van der Waals surface area contributed by atoms with Gasteiger partial charge in [-0.3, -0.25) is 5.01 Å². The third-order valence-electron chi connectivity index (χ3n) is 3.92. The maximum atomic E-state index is 13.5. The number of hydrogen-bond donors (Lipinski definition) is 0. The summed E-state index contributed by atoms with van der Waals surface area (Å²) < 4.78 is 13.5. The summed E-state index contributed by atoms with van der Waals surface area (Å²) in [6.45, 7) is 5.64. The first-order valence-corrected chi connectivity index (χ1v) is 7.57. The van der Waals surface area contributed by atoms with E-state index >= 15 is 0 Å². The molecule has 0 saturated carbocycles. The summed E-state index contributed by atoms with van der Waals surface area (Å²) in [7, 11) is 0. The SMILES string of the molecule is Cc1ccc(N2CCN(/N=C/c3ccccc3F)CC2)cc1. The Kier molecular flexibility index (Phi) is 4.37. The van der Waals surface area contributed by atoms with Crippen molar-refractivity contribution in [2.45, 2.75) is 6.92 Å². The fourth-order valence-electron chi connectivity index (χ4n) is 2.55. The van der Waals surface area contributed by atoms with Crippen LogP contribution in [0.25, 0.3) is 0 Å². The molecule has 1 heterocycles. The molecule has 0 aliphatic carbocycles.